The zero-order valence-corrected chi connectivity index (χ0v) is 14.5. The van der Waals surface area contributed by atoms with Gasteiger partial charge in [0.05, 0.1) is 5.60 Å². The van der Waals surface area contributed by atoms with Gasteiger partial charge >= 0.3 is 5.97 Å². The number of carboxylic acid groups (broad SMARTS) is 1. The lowest BCUT2D eigenvalue weighted by Gasteiger charge is -2.43. The third kappa shape index (κ3) is 6.28. The quantitative estimate of drug-likeness (QED) is 0.622. The molecule has 0 aromatic heterocycles. The maximum atomic E-state index is 10.4. The molecule has 0 radical (unpaired) electrons. The van der Waals surface area contributed by atoms with E-state index in [2.05, 4.69) is 51.6 Å². The SMILES string of the molecule is C#CCC(C)(CCC#CC(=O)O)O[Si](C)(C)C(C)(C)C. The smallest absolute Gasteiger partial charge is 0.381 e. The molecule has 0 bridgehead atoms. The largest absolute Gasteiger partial charge is 0.472 e. The Hall–Kier alpha value is -1.23. The van der Waals surface area contributed by atoms with Gasteiger partial charge in [0.15, 0.2) is 8.32 Å². The van der Waals surface area contributed by atoms with Crippen molar-refractivity contribution >= 4 is 14.3 Å². The summed E-state index contributed by atoms with van der Waals surface area (Å²) in [4.78, 5) is 10.4. The molecular formula is C16H26O3Si. The molecule has 112 valence electrons. The van der Waals surface area contributed by atoms with Crippen LogP contribution < -0.4 is 0 Å². The molecule has 0 spiro atoms. The fraction of sp³-hybridized carbons (Fsp3) is 0.688. The van der Waals surface area contributed by atoms with E-state index in [1.807, 2.05) is 6.92 Å². The van der Waals surface area contributed by atoms with E-state index in [9.17, 15) is 4.79 Å². The van der Waals surface area contributed by atoms with E-state index in [0.717, 1.165) is 0 Å². The molecule has 0 heterocycles. The Morgan fingerprint density at radius 3 is 2.25 bits per heavy atom. The first-order valence-corrected chi connectivity index (χ1v) is 9.70. The number of carbonyl (C=O) groups is 1. The van der Waals surface area contributed by atoms with Crippen LogP contribution in [0.25, 0.3) is 0 Å². The monoisotopic (exact) mass is 294 g/mol. The van der Waals surface area contributed by atoms with Crippen molar-refractivity contribution in [3.63, 3.8) is 0 Å². The maximum absolute atomic E-state index is 10.4. The average molecular weight is 294 g/mol. The van der Waals surface area contributed by atoms with E-state index in [1.54, 1.807) is 0 Å². The summed E-state index contributed by atoms with van der Waals surface area (Å²) < 4.78 is 6.42. The highest BCUT2D eigenvalue weighted by Crippen LogP contribution is 2.40. The molecule has 1 N–H and O–H groups in total. The molecule has 0 fully saturated rings. The van der Waals surface area contributed by atoms with E-state index >= 15 is 0 Å². The Kier molecular flexibility index (Phi) is 6.54. The predicted octanol–water partition coefficient (Wildman–Crippen LogP) is 3.66. The lowest BCUT2D eigenvalue weighted by molar-refractivity contribution is -0.130. The Morgan fingerprint density at radius 2 is 1.85 bits per heavy atom. The first-order valence-electron chi connectivity index (χ1n) is 6.79. The molecule has 0 aromatic rings. The molecule has 0 aromatic carbocycles. The second kappa shape index (κ2) is 6.97. The minimum Gasteiger partial charge on any atom is -0.472 e. The summed E-state index contributed by atoms with van der Waals surface area (Å²) in [6.07, 6.45) is 7.07. The molecule has 1 atom stereocenters. The molecule has 1 unspecified atom stereocenters. The van der Waals surface area contributed by atoms with Crippen LogP contribution in [0, 0.1) is 24.2 Å². The van der Waals surface area contributed by atoms with Crippen LogP contribution in [0.4, 0.5) is 0 Å². The van der Waals surface area contributed by atoms with E-state index in [-0.39, 0.29) is 5.04 Å². The van der Waals surface area contributed by atoms with Crippen molar-refractivity contribution in [2.75, 3.05) is 0 Å². The van der Waals surface area contributed by atoms with Gasteiger partial charge in [-0.05, 0) is 31.5 Å². The molecule has 20 heavy (non-hydrogen) atoms. The average Bonchev–Trinajstić information content (AvgIpc) is 2.22. The maximum Gasteiger partial charge on any atom is 0.381 e. The van der Waals surface area contributed by atoms with Crippen molar-refractivity contribution in [1.82, 2.24) is 0 Å². The zero-order chi connectivity index (χ0) is 16.0. The molecule has 0 saturated heterocycles. The molecular weight excluding hydrogens is 268 g/mol. The minimum absolute atomic E-state index is 0.107. The fourth-order valence-corrected chi connectivity index (χ4v) is 3.34. The molecule has 0 rings (SSSR count). The van der Waals surface area contributed by atoms with Crippen LogP contribution >= 0.6 is 0 Å². The summed E-state index contributed by atoms with van der Waals surface area (Å²) in [6, 6.07) is 0. The van der Waals surface area contributed by atoms with Gasteiger partial charge in [-0.1, -0.05) is 26.7 Å². The lowest BCUT2D eigenvalue weighted by atomic mass is 9.97. The zero-order valence-electron chi connectivity index (χ0n) is 13.5. The highest BCUT2D eigenvalue weighted by molar-refractivity contribution is 6.74. The van der Waals surface area contributed by atoms with Gasteiger partial charge in [0, 0.05) is 18.8 Å². The van der Waals surface area contributed by atoms with Gasteiger partial charge in [-0.2, -0.15) is 0 Å². The van der Waals surface area contributed by atoms with Crippen LogP contribution in [-0.2, 0) is 9.22 Å². The van der Waals surface area contributed by atoms with Gasteiger partial charge in [-0.15, -0.1) is 12.3 Å². The summed E-state index contributed by atoms with van der Waals surface area (Å²) in [5, 5.41) is 8.62. The summed E-state index contributed by atoms with van der Waals surface area (Å²) in [7, 11) is -1.92. The highest BCUT2D eigenvalue weighted by atomic mass is 28.4. The van der Waals surface area contributed by atoms with Gasteiger partial charge in [0.2, 0.25) is 0 Å². The van der Waals surface area contributed by atoms with Gasteiger partial charge in [-0.3, -0.25) is 0 Å². The number of rotatable bonds is 5. The van der Waals surface area contributed by atoms with Crippen LogP contribution in [0.1, 0.15) is 47.0 Å². The van der Waals surface area contributed by atoms with Crippen molar-refractivity contribution in [2.24, 2.45) is 0 Å². The second-order valence-electron chi connectivity index (χ2n) is 6.80. The Balaban J connectivity index is 4.91. The first-order chi connectivity index (χ1) is 8.93. The normalized spacial score (nSPS) is 14.7. The number of aliphatic carboxylic acids is 1. The molecule has 0 aliphatic rings. The van der Waals surface area contributed by atoms with Gasteiger partial charge in [0.25, 0.3) is 0 Å². The van der Waals surface area contributed by atoms with Crippen LogP contribution in [0.3, 0.4) is 0 Å². The summed E-state index contributed by atoms with van der Waals surface area (Å²) in [6.45, 7) is 12.9. The Labute approximate surface area is 124 Å². The summed E-state index contributed by atoms with van der Waals surface area (Å²) in [5.41, 5.74) is -0.440. The molecule has 3 nitrogen and oxygen atoms in total. The molecule has 0 aliphatic heterocycles. The van der Waals surface area contributed by atoms with Crippen molar-refractivity contribution in [1.29, 1.82) is 0 Å². The van der Waals surface area contributed by atoms with Crippen LogP contribution in [-0.4, -0.2) is 25.0 Å². The van der Waals surface area contributed by atoms with E-state index in [0.29, 0.717) is 19.3 Å². The molecule has 0 aliphatic carbocycles. The minimum atomic E-state index is -1.92. The van der Waals surface area contributed by atoms with Crippen LogP contribution in [0.2, 0.25) is 18.1 Å². The highest BCUT2D eigenvalue weighted by Gasteiger charge is 2.42. The van der Waals surface area contributed by atoms with Gasteiger partial charge < -0.3 is 9.53 Å². The molecule has 4 heteroatoms. The topological polar surface area (TPSA) is 46.5 Å². The van der Waals surface area contributed by atoms with Crippen molar-refractivity contribution in [3.05, 3.63) is 0 Å². The number of hydrogen-bond donors (Lipinski definition) is 1. The van der Waals surface area contributed by atoms with E-state index in [1.165, 1.54) is 0 Å². The van der Waals surface area contributed by atoms with Crippen LogP contribution in [0.15, 0.2) is 0 Å². The Morgan fingerprint density at radius 1 is 1.30 bits per heavy atom. The third-order valence-electron chi connectivity index (χ3n) is 3.76. The predicted molar refractivity (Wildman–Crippen MR) is 84.8 cm³/mol. The Bertz CT molecular complexity index is 443. The summed E-state index contributed by atoms with van der Waals surface area (Å²) >= 11 is 0. The lowest BCUT2D eigenvalue weighted by Crippen LogP contribution is -2.48. The van der Waals surface area contributed by atoms with Gasteiger partial charge in [0.1, 0.15) is 0 Å². The molecule has 0 amide bonds. The van der Waals surface area contributed by atoms with Crippen LogP contribution in [0.5, 0.6) is 0 Å². The van der Waals surface area contributed by atoms with Crippen molar-refractivity contribution in [2.45, 2.75) is 70.7 Å². The molecule has 0 saturated carbocycles. The van der Waals surface area contributed by atoms with E-state index in [4.69, 9.17) is 16.0 Å². The fourth-order valence-electron chi connectivity index (χ4n) is 1.63. The van der Waals surface area contributed by atoms with Crippen molar-refractivity contribution in [3.8, 4) is 24.2 Å². The van der Waals surface area contributed by atoms with Crippen molar-refractivity contribution < 1.29 is 14.3 Å². The van der Waals surface area contributed by atoms with Gasteiger partial charge in [-0.25, -0.2) is 4.79 Å². The third-order valence-corrected chi connectivity index (χ3v) is 8.37. The first kappa shape index (κ1) is 18.8. The number of hydrogen-bond acceptors (Lipinski definition) is 2. The number of terminal acetylenes is 1. The standard InChI is InChI=1S/C16H26O3Si/c1-8-12-16(5,13-10-9-11-14(17)18)19-20(6,7)15(2,3)4/h1H,10,12-13H2,2-7H3,(H,17,18). The van der Waals surface area contributed by atoms with E-state index < -0.39 is 19.9 Å². The summed E-state index contributed by atoms with van der Waals surface area (Å²) in [5.74, 6) is 6.33. The second-order valence-corrected chi connectivity index (χ2v) is 11.5. The number of carboxylic acids is 1.